The van der Waals surface area contributed by atoms with Crippen LogP contribution in [0.1, 0.15) is 16.7 Å². The molecule has 0 fully saturated rings. The van der Waals surface area contributed by atoms with E-state index in [4.69, 9.17) is 0 Å². The first kappa shape index (κ1) is 28.8. The molecule has 0 atom stereocenters. The lowest BCUT2D eigenvalue weighted by Gasteiger charge is -2.18. The van der Waals surface area contributed by atoms with Gasteiger partial charge in [0.15, 0.2) is 0 Å². The van der Waals surface area contributed by atoms with Gasteiger partial charge in [-0.05, 0) is 83.4 Å². The molecular formula is C45H25N5. The monoisotopic (exact) mass is 635 g/mol. The van der Waals surface area contributed by atoms with Crippen molar-refractivity contribution in [3.05, 3.63) is 168 Å². The summed E-state index contributed by atoms with van der Waals surface area (Å²) in [6.45, 7) is 0. The maximum absolute atomic E-state index is 10.4. The van der Waals surface area contributed by atoms with Crippen LogP contribution < -0.4 is 0 Å². The lowest BCUT2D eigenvalue weighted by atomic mass is 9.92. The first-order valence-electron chi connectivity index (χ1n) is 16.3. The van der Waals surface area contributed by atoms with E-state index in [-0.39, 0.29) is 0 Å². The van der Waals surface area contributed by atoms with E-state index in [1.807, 2.05) is 78.9 Å². The molecule has 0 radical (unpaired) electrons. The molecule has 0 aliphatic rings. The molecule has 0 N–H and O–H groups in total. The standard InChI is InChI=1S/C45H25N5/c46-26-29-17-21-43-38(23-29)36-12-4-7-15-41(36)49(43)40-14-6-3-11-35(40)34-10-2-1-9-33(34)31-19-20-32(28-48)45(25-31)50-42-16-8-5-13-37(42)39-24-30(27-47)18-22-44(39)50/h1-25H. The summed E-state index contributed by atoms with van der Waals surface area (Å²) in [7, 11) is 0. The lowest BCUT2D eigenvalue weighted by molar-refractivity contribution is 1.17. The second-order valence-electron chi connectivity index (χ2n) is 12.3. The van der Waals surface area contributed by atoms with Crippen molar-refractivity contribution in [1.82, 2.24) is 9.13 Å². The van der Waals surface area contributed by atoms with Gasteiger partial charge in [0, 0.05) is 27.1 Å². The molecule has 0 saturated carbocycles. The van der Waals surface area contributed by atoms with Crippen molar-refractivity contribution in [1.29, 1.82) is 15.8 Å². The van der Waals surface area contributed by atoms with Crippen molar-refractivity contribution in [3.8, 4) is 51.8 Å². The Kier molecular flexibility index (Phi) is 6.56. The van der Waals surface area contributed by atoms with Crippen molar-refractivity contribution in [2.75, 3.05) is 0 Å². The molecule has 0 aliphatic carbocycles. The molecule has 0 spiro atoms. The molecule has 50 heavy (non-hydrogen) atoms. The number of rotatable bonds is 4. The summed E-state index contributed by atoms with van der Waals surface area (Å²) in [5.74, 6) is 0. The van der Waals surface area contributed by atoms with Crippen LogP contribution in [-0.4, -0.2) is 9.13 Å². The molecule has 9 rings (SSSR count). The van der Waals surface area contributed by atoms with Crippen LogP contribution in [0, 0.1) is 34.0 Å². The Labute approximate surface area is 287 Å². The van der Waals surface area contributed by atoms with Gasteiger partial charge in [-0.3, -0.25) is 0 Å². The Morgan fingerprint density at radius 1 is 0.360 bits per heavy atom. The third-order valence-corrected chi connectivity index (χ3v) is 9.64. The molecule has 230 valence electrons. The SMILES string of the molecule is N#Cc1ccc2c(c1)c1ccccc1n2-c1cc(-c2ccccc2-c2ccccc2-n2c3ccccc3c3cc(C#N)ccc32)ccc1C#N. The number of aromatic nitrogens is 2. The van der Waals surface area contributed by atoms with Crippen LogP contribution in [0.25, 0.3) is 77.2 Å². The quantitative estimate of drug-likeness (QED) is 0.193. The minimum absolute atomic E-state index is 0.556. The normalized spacial score (nSPS) is 11.1. The van der Waals surface area contributed by atoms with Crippen molar-refractivity contribution < 1.29 is 0 Å². The van der Waals surface area contributed by atoms with Crippen LogP contribution in [-0.2, 0) is 0 Å². The summed E-state index contributed by atoms with van der Waals surface area (Å²) in [6, 6.07) is 57.9. The summed E-state index contributed by atoms with van der Waals surface area (Å²) in [6.07, 6.45) is 0. The first-order valence-corrected chi connectivity index (χ1v) is 16.3. The number of benzene rings is 7. The van der Waals surface area contributed by atoms with E-state index in [1.54, 1.807) is 0 Å². The molecule has 0 saturated heterocycles. The molecule has 0 unspecified atom stereocenters. The van der Waals surface area contributed by atoms with Gasteiger partial charge < -0.3 is 9.13 Å². The minimum atomic E-state index is 0.556. The lowest BCUT2D eigenvalue weighted by Crippen LogP contribution is -2.00. The maximum atomic E-state index is 10.4. The van der Waals surface area contributed by atoms with Gasteiger partial charge in [-0.1, -0.05) is 84.9 Å². The molecule has 9 aromatic rings. The van der Waals surface area contributed by atoms with Crippen molar-refractivity contribution >= 4 is 43.6 Å². The average Bonchev–Trinajstić information content (AvgIpc) is 3.69. The largest absolute Gasteiger partial charge is 0.309 e. The van der Waals surface area contributed by atoms with Crippen molar-refractivity contribution in [3.63, 3.8) is 0 Å². The fourth-order valence-electron chi connectivity index (χ4n) is 7.45. The summed E-state index contributed by atoms with van der Waals surface area (Å²) >= 11 is 0. The summed E-state index contributed by atoms with van der Waals surface area (Å²) in [5, 5.41) is 33.8. The number of fused-ring (bicyclic) bond motifs is 6. The molecule has 2 aromatic heterocycles. The van der Waals surface area contributed by atoms with Gasteiger partial charge in [-0.2, -0.15) is 15.8 Å². The van der Waals surface area contributed by atoms with E-state index in [2.05, 4.69) is 100 Å². The highest BCUT2D eigenvalue weighted by atomic mass is 15.0. The zero-order valence-corrected chi connectivity index (χ0v) is 26.7. The van der Waals surface area contributed by atoms with E-state index in [0.29, 0.717) is 16.7 Å². The molecule has 0 aliphatic heterocycles. The summed E-state index contributed by atoms with van der Waals surface area (Å²) in [5.41, 5.74) is 11.7. The van der Waals surface area contributed by atoms with Gasteiger partial charge in [-0.15, -0.1) is 0 Å². The smallest absolute Gasteiger partial charge is 0.101 e. The fourth-order valence-corrected chi connectivity index (χ4v) is 7.45. The Bertz CT molecular complexity index is 2970. The van der Waals surface area contributed by atoms with Gasteiger partial charge >= 0.3 is 0 Å². The first-order chi connectivity index (χ1) is 24.7. The van der Waals surface area contributed by atoms with Crippen LogP contribution in [0.3, 0.4) is 0 Å². The molecule has 5 heteroatoms. The van der Waals surface area contributed by atoms with Gasteiger partial charge in [0.05, 0.1) is 62.3 Å². The Balaban J connectivity index is 1.28. The predicted molar refractivity (Wildman–Crippen MR) is 200 cm³/mol. The number of para-hydroxylation sites is 3. The second kappa shape index (κ2) is 11.4. The van der Waals surface area contributed by atoms with E-state index >= 15 is 0 Å². The number of hydrogen-bond acceptors (Lipinski definition) is 3. The summed E-state index contributed by atoms with van der Waals surface area (Å²) in [4.78, 5) is 0. The highest BCUT2D eigenvalue weighted by Gasteiger charge is 2.20. The van der Waals surface area contributed by atoms with E-state index in [0.717, 1.165) is 77.2 Å². The van der Waals surface area contributed by atoms with Crippen LogP contribution in [0.2, 0.25) is 0 Å². The van der Waals surface area contributed by atoms with Crippen LogP contribution in [0.15, 0.2) is 152 Å². The third-order valence-electron chi connectivity index (χ3n) is 9.64. The molecule has 0 amide bonds. The Morgan fingerprint density at radius 3 is 1.46 bits per heavy atom. The highest BCUT2D eigenvalue weighted by molar-refractivity contribution is 6.11. The van der Waals surface area contributed by atoms with Gasteiger partial charge in [0.2, 0.25) is 0 Å². The van der Waals surface area contributed by atoms with Crippen molar-refractivity contribution in [2.45, 2.75) is 0 Å². The Morgan fingerprint density at radius 2 is 0.860 bits per heavy atom. The average molecular weight is 636 g/mol. The van der Waals surface area contributed by atoms with Crippen molar-refractivity contribution in [2.24, 2.45) is 0 Å². The van der Waals surface area contributed by atoms with Crippen LogP contribution in [0.5, 0.6) is 0 Å². The van der Waals surface area contributed by atoms with Gasteiger partial charge in [0.25, 0.3) is 0 Å². The summed E-state index contributed by atoms with van der Waals surface area (Å²) < 4.78 is 4.42. The van der Waals surface area contributed by atoms with Gasteiger partial charge in [0.1, 0.15) is 6.07 Å². The van der Waals surface area contributed by atoms with Gasteiger partial charge in [-0.25, -0.2) is 0 Å². The molecule has 0 bridgehead atoms. The third kappa shape index (κ3) is 4.31. The zero-order chi connectivity index (χ0) is 33.8. The predicted octanol–water partition coefficient (Wildman–Crippen LogP) is 10.8. The van der Waals surface area contributed by atoms with E-state index in [1.165, 1.54) is 0 Å². The van der Waals surface area contributed by atoms with E-state index < -0.39 is 0 Å². The number of nitriles is 3. The number of nitrogens with zero attached hydrogens (tertiary/aromatic N) is 5. The fraction of sp³-hybridized carbons (Fsp3) is 0. The minimum Gasteiger partial charge on any atom is -0.309 e. The highest BCUT2D eigenvalue weighted by Crippen LogP contribution is 2.41. The Hall–Kier alpha value is -7.39. The molecule has 5 nitrogen and oxygen atoms in total. The maximum Gasteiger partial charge on any atom is 0.101 e. The van der Waals surface area contributed by atoms with Crippen LogP contribution >= 0.6 is 0 Å². The molecular weight excluding hydrogens is 611 g/mol. The topological polar surface area (TPSA) is 81.2 Å². The zero-order valence-electron chi connectivity index (χ0n) is 26.7. The molecule has 7 aromatic carbocycles. The number of hydrogen-bond donors (Lipinski definition) is 0. The van der Waals surface area contributed by atoms with E-state index in [9.17, 15) is 15.8 Å². The van der Waals surface area contributed by atoms with Crippen LogP contribution in [0.4, 0.5) is 0 Å². The molecule has 2 heterocycles. The second-order valence-corrected chi connectivity index (χ2v) is 12.3.